The fourth-order valence-electron chi connectivity index (χ4n) is 5.34. The summed E-state index contributed by atoms with van der Waals surface area (Å²) < 4.78 is 13.4. The van der Waals surface area contributed by atoms with Gasteiger partial charge in [0, 0.05) is 41.2 Å². The van der Waals surface area contributed by atoms with Gasteiger partial charge in [0.2, 0.25) is 0 Å². The Morgan fingerprint density at radius 3 is 2.74 bits per heavy atom. The molecular weight excluding hydrogens is 516 g/mol. The number of tetrazole rings is 1. The van der Waals surface area contributed by atoms with Crippen LogP contribution in [0.5, 0.6) is 5.75 Å². The number of aromatic amines is 1. The van der Waals surface area contributed by atoms with Gasteiger partial charge in [0.25, 0.3) is 5.56 Å². The first-order chi connectivity index (χ1) is 18.9. The number of H-pyrrole nitrogens is 1. The highest BCUT2D eigenvalue weighted by atomic mass is 35.5. The molecule has 0 bridgehead atoms. The van der Waals surface area contributed by atoms with Gasteiger partial charge >= 0.3 is 0 Å². The van der Waals surface area contributed by atoms with E-state index in [-0.39, 0.29) is 23.6 Å². The number of aromatic nitrogens is 5. The third-order valence-electron chi connectivity index (χ3n) is 7.16. The van der Waals surface area contributed by atoms with Crippen molar-refractivity contribution >= 4 is 22.5 Å². The van der Waals surface area contributed by atoms with Crippen LogP contribution in [0.25, 0.3) is 10.9 Å². The molecule has 206 valence electrons. The minimum Gasteiger partial charge on any atom is -0.494 e. The quantitative estimate of drug-likeness (QED) is 0.276. The second kappa shape index (κ2) is 12.3. The number of fused-ring (bicyclic) bond motifs is 1. The predicted molar refractivity (Wildman–Crippen MR) is 151 cm³/mol. The average molecular weight is 551 g/mol. The first-order valence-corrected chi connectivity index (χ1v) is 13.9. The molecule has 0 radical (unpaired) electrons. The number of hydrogen-bond acceptors (Lipinski definition) is 7. The van der Waals surface area contributed by atoms with Gasteiger partial charge in [-0.2, -0.15) is 0 Å². The lowest BCUT2D eigenvalue weighted by molar-refractivity contribution is 0.0851. The van der Waals surface area contributed by atoms with Gasteiger partial charge in [-0.3, -0.25) is 9.69 Å². The van der Waals surface area contributed by atoms with E-state index in [4.69, 9.17) is 21.1 Å². The molecular formula is C29H35ClN6O3. The summed E-state index contributed by atoms with van der Waals surface area (Å²) in [5.41, 5.74) is 2.26. The number of halogens is 1. The van der Waals surface area contributed by atoms with Crippen molar-refractivity contribution in [3.05, 3.63) is 80.9 Å². The standard InChI is InChI=1S/C29H35ClN6O3/c1-4-38-23-11-12-26-21(15-23)14-22(29(37)31-26)17-35(16-20-8-5-6-10-25(20)30)27(19(2)3)28-32-33-34-36(28)18-24-9-7-13-39-24/h5-6,8,10-12,14-15,19,24,27H,4,7,9,13,16-18H2,1-3H3,(H,31,37)/t24-,27+/m0/s1. The van der Waals surface area contributed by atoms with E-state index in [1.165, 1.54) is 0 Å². The molecule has 2 aromatic carbocycles. The summed E-state index contributed by atoms with van der Waals surface area (Å²) in [7, 11) is 0. The van der Waals surface area contributed by atoms with E-state index in [2.05, 4.69) is 39.3 Å². The number of hydrogen-bond donors (Lipinski definition) is 1. The van der Waals surface area contributed by atoms with Gasteiger partial charge in [-0.05, 0) is 72.0 Å². The molecule has 1 saturated heterocycles. The van der Waals surface area contributed by atoms with Gasteiger partial charge in [-0.1, -0.05) is 43.6 Å². The van der Waals surface area contributed by atoms with Crippen molar-refractivity contribution in [3.8, 4) is 5.75 Å². The summed E-state index contributed by atoms with van der Waals surface area (Å²) in [6.07, 6.45) is 2.13. The maximum atomic E-state index is 13.3. The molecule has 0 unspecified atom stereocenters. The van der Waals surface area contributed by atoms with Crippen molar-refractivity contribution < 1.29 is 9.47 Å². The number of ether oxygens (including phenoxy) is 2. The predicted octanol–water partition coefficient (Wildman–Crippen LogP) is 5.15. The fraction of sp³-hybridized carbons (Fsp3) is 0.448. The second-order valence-corrected chi connectivity index (χ2v) is 10.8. The van der Waals surface area contributed by atoms with Gasteiger partial charge in [-0.15, -0.1) is 5.10 Å². The second-order valence-electron chi connectivity index (χ2n) is 10.3. The molecule has 2 atom stereocenters. The van der Waals surface area contributed by atoms with Crippen molar-refractivity contribution in [2.24, 2.45) is 5.92 Å². The van der Waals surface area contributed by atoms with Crippen LogP contribution in [-0.2, 0) is 24.4 Å². The summed E-state index contributed by atoms with van der Waals surface area (Å²) in [5, 5.41) is 14.4. The Morgan fingerprint density at radius 1 is 1.18 bits per heavy atom. The average Bonchev–Trinajstić information content (AvgIpc) is 3.59. The number of nitrogens with zero attached hydrogens (tertiary/aromatic N) is 5. The third-order valence-corrected chi connectivity index (χ3v) is 7.53. The molecule has 0 amide bonds. The highest BCUT2D eigenvalue weighted by molar-refractivity contribution is 6.31. The molecule has 1 fully saturated rings. The van der Waals surface area contributed by atoms with Gasteiger partial charge in [-0.25, -0.2) is 4.68 Å². The molecule has 10 heteroatoms. The Hall–Kier alpha value is -3.27. The number of pyridine rings is 1. The van der Waals surface area contributed by atoms with E-state index in [0.29, 0.717) is 36.8 Å². The molecule has 0 aliphatic carbocycles. The van der Waals surface area contributed by atoms with E-state index in [1.807, 2.05) is 60.1 Å². The highest BCUT2D eigenvalue weighted by Crippen LogP contribution is 2.32. The van der Waals surface area contributed by atoms with Gasteiger partial charge in [0.15, 0.2) is 5.82 Å². The smallest absolute Gasteiger partial charge is 0.252 e. The van der Waals surface area contributed by atoms with E-state index >= 15 is 0 Å². The highest BCUT2D eigenvalue weighted by Gasteiger charge is 2.31. The van der Waals surface area contributed by atoms with Crippen LogP contribution in [0, 0.1) is 5.92 Å². The first-order valence-electron chi connectivity index (χ1n) is 13.6. The minimum atomic E-state index is -0.178. The molecule has 5 rings (SSSR count). The number of benzene rings is 2. The van der Waals surface area contributed by atoms with Crippen LogP contribution >= 0.6 is 11.6 Å². The molecule has 0 saturated carbocycles. The molecule has 1 aliphatic heterocycles. The van der Waals surface area contributed by atoms with E-state index < -0.39 is 0 Å². The Bertz CT molecular complexity index is 1460. The molecule has 1 N–H and O–H groups in total. The zero-order chi connectivity index (χ0) is 27.4. The Morgan fingerprint density at radius 2 is 2.00 bits per heavy atom. The van der Waals surface area contributed by atoms with Crippen molar-refractivity contribution in [1.29, 1.82) is 0 Å². The summed E-state index contributed by atoms with van der Waals surface area (Å²) in [6, 6.07) is 15.3. The monoisotopic (exact) mass is 550 g/mol. The molecule has 39 heavy (non-hydrogen) atoms. The van der Waals surface area contributed by atoms with Crippen molar-refractivity contribution in [2.45, 2.75) is 65.4 Å². The van der Waals surface area contributed by atoms with E-state index in [0.717, 1.165) is 47.5 Å². The van der Waals surface area contributed by atoms with Crippen LogP contribution < -0.4 is 10.3 Å². The lowest BCUT2D eigenvalue weighted by Gasteiger charge is -2.34. The van der Waals surface area contributed by atoms with Crippen LogP contribution in [0.1, 0.15) is 56.6 Å². The Kier molecular flexibility index (Phi) is 8.60. The normalized spacial score (nSPS) is 16.4. The lowest BCUT2D eigenvalue weighted by Crippen LogP contribution is -2.36. The lowest BCUT2D eigenvalue weighted by atomic mass is 9.99. The Balaban J connectivity index is 1.54. The summed E-state index contributed by atoms with van der Waals surface area (Å²) in [6.45, 7) is 9.09. The third kappa shape index (κ3) is 6.32. The molecule has 4 aromatic rings. The SMILES string of the molecule is CCOc1ccc2[nH]c(=O)c(CN(Cc3ccccc3Cl)[C@@H](c3nnnn3C[C@@H]3CCCO3)C(C)C)cc2c1. The maximum absolute atomic E-state index is 13.3. The molecule has 0 spiro atoms. The molecule has 3 heterocycles. The number of rotatable bonds is 11. The van der Waals surface area contributed by atoms with Crippen LogP contribution in [0.4, 0.5) is 0 Å². The Labute approximate surface area is 233 Å². The largest absolute Gasteiger partial charge is 0.494 e. The molecule has 2 aromatic heterocycles. The summed E-state index contributed by atoms with van der Waals surface area (Å²) >= 11 is 6.61. The van der Waals surface area contributed by atoms with Crippen LogP contribution in [-0.4, -0.2) is 49.4 Å². The maximum Gasteiger partial charge on any atom is 0.252 e. The van der Waals surface area contributed by atoms with Gasteiger partial charge in [0.05, 0.1) is 25.3 Å². The first kappa shape index (κ1) is 27.3. The zero-order valence-corrected chi connectivity index (χ0v) is 23.4. The van der Waals surface area contributed by atoms with Crippen molar-refractivity contribution in [1.82, 2.24) is 30.1 Å². The molecule has 1 aliphatic rings. The van der Waals surface area contributed by atoms with E-state index in [9.17, 15) is 4.79 Å². The fourth-order valence-corrected chi connectivity index (χ4v) is 5.53. The zero-order valence-electron chi connectivity index (χ0n) is 22.6. The van der Waals surface area contributed by atoms with Crippen LogP contribution in [0.3, 0.4) is 0 Å². The van der Waals surface area contributed by atoms with Gasteiger partial charge in [0.1, 0.15) is 5.75 Å². The number of nitrogens with one attached hydrogen (secondary N) is 1. The minimum absolute atomic E-state index is 0.0972. The van der Waals surface area contributed by atoms with Crippen LogP contribution in [0.2, 0.25) is 5.02 Å². The molecule has 9 nitrogen and oxygen atoms in total. The summed E-state index contributed by atoms with van der Waals surface area (Å²) in [4.78, 5) is 18.6. The topological polar surface area (TPSA) is 98.2 Å². The van der Waals surface area contributed by atoms with Gasteiger partial charge < -0.3 is 14.5 Å². The summed E-state index contributed by atoms with van der Waals surface area (Å²) in [5.74, 6) is 1.67. The van der Waals surface area contributed by atoms with Crippen molar-refractivity contribution in [2.75, 3.05) is 13.2 Å². The van der Waals surface area contributed by atoms with E-state index in [1.54, 1.807) is 0 Å². The van der Waals surface area contributed by atoms with Crippen molar-refractivity contribution in [3.63, 3.8) is 0 Å². The van der Waals surface area contributed by atoms with Crippen LogP contribution in [0.15, 0.2) is 53.3 Å².